The molecule has 26 heavy (non-hydrogen) atoms. The Balaban J connectivity index is 1.56. The van der Waals surface area contributed by atoms with E-state index in [0.29, 0.717) is 23.4 Å². The molecule has 0 spiro atoms. The quantitative estimate of drug-likeness (QED) is 0.665. The maximum atomic E-state index is 12.4. The van der Waals surface area contributed by atoms with Crippen molar-refractivity contribution < 1.29 is 14.6 Å². The summed E-state index contributed by atoms with van der Waals surface area (Å²) in [5, 5.41) is 14.5. The number of carbonyl (C=O) groups excluding carboxylic acids is 1. The molecule has 5 nitrogen and oxygen atoms in total. The average Bonchev–Trinajstić information content (AvgIpc) is 2.97. The van der Waals surface area contributed by atoms with Gasteiger partial charge in [-0.25, -0.2) is 0 Å². The van der Waals surface area contributed by atoms with E-state index in [1.807, 2.05) is 38.1 Å². The monoisotopic (exact) mass is 350 g/mol. The Morgan fingerprint density at radius 1 is 1.08 bits per heavy atom. The minimum Gasteiger partial charge on any atom is -0.491 e. The van der Waals surface area contributed by atoms with Crippen molar-refractivity contribution in [1.82, 2.24) is 9.78 Å². The summed E-state index contributed by atoms with van der Waals surface area (Å²) in [5.74, 6) is 0.587. The molecule has 0 amide bonds. The van der Waals surface area contributed by atoms with E-state index in [4.69, 9.17) is 4.74 Å². The van der Waals surface area contributed by atoms with E-state index < -0.39 is 6.10 Å². The third kappa shape index (κ3) is 4.37. The first-order chi connectivity index (χ1) is 12.5. The topological polar surface area (TPSA) is 64.3 Å². The molecule has 0 radical (unpaired) electrons. The van der Waals surface area contributed by atoms with Gasteiger partial charge in [-0.3, -0.25) is 9.48 Å². The van der Waals surface area contributed by atoms with Crippen molar-refractivity contribution in [1.29, 1.82) is 0 Å². The smallest absolute Gasteiger partial charge is 0.193 e. The predicted octanol–water partition coefficient (Wildman–Crippen LogP) is 3.17. The van der Waals surface area contributed by atoms with E-state index in [2.05, 4.69) is 5.10 Å². The number of nitrogens with zero attached hydrogens (tertiary/aromatic N) is 2. The molecule has 0 aliphatic rings. The Kier molecular flexibility index (Phi) is 5.49. The zero-order valence-electron chi connectivity index (χ0n) is 14.9. The summed E-state index contributed by atoms with van der Waals surface area (Å²) in [7, 11) is 0. The van der Waals surface area contributed by atoms with Crippen LogP contribution < -0.4 is 4.74 Å². The molecule has 1 heterocycles. The minimum atomic E-state index is -0.668. The van der Waals surface area contributed by atoms with Crippen LogP contribution in [0.4, 0.5) is 0 Å². The molecule has 3 rings (SSSR count). The zero-order chi connectivity index (χ0) is 18.5. The standard InChI is InChI=1S/C21H22N2O3/c1-15-12-16(2)23(22-15)13-19(24)14-26-20-10-8-18(9-11-20)21(25)17-6-4-3-5-7-17/h3-12,19,24H,13-14H2,1-2H3/t19-/m1/s1. The summed E-state index contributed by atoms with van der Waals surface area (Å²) in [6.45, 7) is 4.41. The molecule has 0 aliphatic heterocycles. The van der Waals surface area contributed by atoms with Crippen LogP contribution >= 0.6 is 0 Å². The first-order valence-corrected chi connectivity index (χ1v) is 8.54. The number of rotatable bonds is 7. The molecular formula is C21H22N2O3. The summed E-state index contributed by atoms with van der Waals surface area (Å²) in [4.78, 5) is 12.4. The van der Waals surface area contributed by atoms with Crippen LogP contribution in [0, 0.1) is 13.8 Å². The van der Waals surface area contributed by atoms with Crippen LogP contribution in [0.2, 0.25) is 0 Å². The number of hydrogen-bond donors (Lipinski definition) is 1. The first-order valence-electron chi connectivity index (χ1n) is 8.54. The van der Waals surface area contributed by atoms with Crippen molar-refractivity contribution in [3.05, 3.63) is 83.2 Å². The van der Waals surface area contributed by atoms with Gasteiger partial charge in [-0.2, -0.15) is 5.10 Å². The lowest BCUT2D eigenvalue weighted by Crippen LogP contribution is -2.24. The third-order valence-corrected chi connectivity index (χ3v) is 4.08. The van der Waals surface area contributed by atoms with Gasteiger partial charge in [-0.1, -0.05) is 30.3 Å². The van der Waals surface area contributed by atoms with Crippen LogP contribution in [-0.4, -0.2) is 33.4 Å². The highest BCUT2D eigenvalue weighted by atomic mass is 16.5. The Morgan fingerprint density at radius 2 is 1.73 bits per heavy atom. The Bertz CT molecular complexity index is 870. The second-order valence-corrected chi connectivity index (χ2v) is 6.29. The fraction of sp³-hybridized carbons (Fsp3) is 0.238. The number of ether oxygens (including phenoxy) is 1. The highest BCUT2D eigenvalue weighted by molar-refractivity contribution is 6.08. The fourth-order valence-corrected chi connectivity index (χ4v) is 2.76. The van der Waals surface area contributed by atoms with Gasteiger partial charge < -0.3 is 9.84 Å². The van der Waals surface area contributed by atoms with Crippen LogP contribution in [0.15, 0.2) is 60.7 Å². The van der Waals surface area contributed by atoms with Gasteiger partial charge in [-0.15, -0.1) is 0 Å². The zero-order valence-corrected chi connectivity index (χ0v) is 14.9. The second-order valence-electron chi connectivity index (χ2n) is 6.29. The number of benzene rings is 2. The molecule has 3 aromatic rings. The van der Waals surface area contributed by atoms with Gasteiger partial charge in [0.2, 0.25) is 0 Å². The maximum Gasteiger partial charge on any atom is 0.193 e. The summed E-state index contributed by atoms with van der Waals surface area (Å²) in [6, 6.07) is 18.1. The maximum absolute atomic E-state index is 12.4. The number of carbonyl (C=O) groups is 1. The molecule has 0 bridgehead atoms. The molecule has 0 saturated heterocycles. The molecule has 0 fully saturated rings. The summed E-state index contributed by atoms with van der Waals surface area (Å²) in [5.41, 5.74) is 3.19. The van der Waals surface area contributed by atoms with Gasteiger partial charge in [-0.05, 0) is 44.2 Å². The number of aryl methyl sites for hydroxylation is 2. The van der Waals surface area contributed by atoms with Gasteiger partial charge in [0, 0.05) is 16.8 Å². The first kappa shape index (κ1) is 17.9. The number of aliphatic hydroxyl groups excluding tert-OH is 1. The summed E-state index contributed by atoms with van der Waals surface area (Å²) < 4.78 is 7.39. The molecular weight excluding hydrogens is 328 g/mol. The van der Waals surface area contributed by atoms with Crippen molar-refractivity contribution in [2.75, 3.05) is 6.61 Å². The Labute approximate surface area is 152 Å². The van der Waals surface area contributed by atoms with E-state index >= 15 is 0 Å². The molecule has 0 saturated carbocycles. The highest BCUT2D eigenvalue weighted by Crippen LogP contribution is 2.16. The number of aliphatic hydroxyl groups is 1. The minimum absolute atomic E-state index is 0.0262. The lowest BCUT2D eigenvalue weighted by molar-refractivity contribution is 0.0886. The molecule has 5 heteroatoms. The lowest BCUT2D eigenvalue weighted by Gasteiger charge is -2.13. The number of ketones is 1. The van der Waals surface area contributed by atoms with Crippen LogP contribution in [0.25, 0.3) is 0 Å². The SMILES string of the molecule is Cc1cc(C)n(C[C@@H](O)COc2ccc(C(=O)c3ccccc3)cc2)n1. The van der Waals surface area contributed by atoms with E-state index in [1.54, 1.807) is 41.1 Å². The second kappa shape index (κ2) is 7.97. The predicted molar refractivity (Wildman–Crippen MR) is 99.5 cm³/mol. The van der Waals surface area contributed by atoms with E-state index in [9.17, 15) is 9.90 Å². The van der Waals surface area contributed by atoms with E-state index in [-0.39, 0.29) is 12.4 Å². The van der Waals surface area contributed by atoms with Crippen molar-refractivity contribution in [2.45, 2.75) is 26.5 Å². The van der Waals surface area contributed by atoms with Gasteiger partial charge in [0.15, 0.2) is 5.78 Å². The molecule has 0 unspecified atom stereocenters. The highest BCUT2D eigenvalue weighted by Gasteiger charge is 2.11. The Hall–Kier alpha value is -2.92. The average molecular weight is 350 g/mol. The van der Waals surface area contributed by atoms with Gasteiger partial charge >= 0.3 is 0 Å². The lowest BCUT2D eigenvalue weighted by atomic mass is 10.0. The van der Waals surface area contributed by atoms with Crippen LogP contribution in [0.3, 0.4) is 0 Å². The normalized spacial score (nSPS) is 12.0. The number of hydrogen-bond acceptors (Lipinski definition) is 4. The largest absolute Gasteiger partial charge is 0.491 e. The molecule has 134 valence electrons. The van der Waals surface area contributed by atoms with Crippen molar-refractivity contribution in [2.24, 2.45) is 0 Å². The van der Waals surface area contributed by atoms with Gasteiger partial charge in [0.25, 0.3) is 0 Å². The van der Waals surface area contributed by atoms with Crippen molar-refractivity contribution >= 4 is 5.78 Å². The van der Waals surface area contributed by atoms with Crippen molar-refractivity contribution in [3.8, 4) is 5.75 Å². The molecule has 0 aliphatic carbocycles. The summed E-state index contributed by atoms with van der Waals surface area (Å²) in [6.07, 6.45) is -0.668. The van der Waals surface area contributed by atoms with Crippen LogP contribution in [0.5, 0.6) is 5.75 Å². The van der Waals surface area contributed by atoms with Crippen LogP contribution in [-0.2, 0) is 6.54 Å². The third-order valence-electron chi connectivity index (χ3n) is 4.08. The van der Waals surface area contributed by atoms with E-state index in [0.717, 1.165) is 11.4 Å². The Morgan fingerprint density at radius 3 is 2.35 bits per heavy atom. The molecule has 1 aromatic heterocycles. The molecule has 1 atom stereocenters. The molecule has 1 N–H and O–H groups in total. The fourth-order valence-electron chi connectivity index (χ4n) is 2.76. The van der Waals surface area contributed by atoms with Gasteiger partial charge in [0.1, 0.15) is 18.5 Å². The van der Waals surface area contributed by atoms with Crippen LogP contribution in [0.1, 0.15) is 27.3 Å². The number of aromatic nitrogens is 2. The molecule has 2 aromatic carbocycles. The summed E-state index contributed by atoms with van der Waals surface area (Å²) >= 11 is 0. The van der Waals surface area contributed by atoms with E-state index in [1.165, 1.54) is 0 Å². The van der Waals surface area contributed by atoms with Crippen molar-refractivity contribution in [3.63, 3.8) is 0 Å². The van der Waals surface area contributed by atoms with Gasteiger partial charge in [0.05, 0.1) is 12.2 Å².